The minimum atomic E-state index is 0.151. The van der Waals surface area contributed by atoms with Crippen molar-refractivity contribution in [3.8, 4) is 5.75 Å². The maximum absolute atomic E-state index is 12.8. The van der Waals surface area contributed by atoms with E-state index in [1.807, 2.05) is 17.0 Å². The zero-order valence-corrected chi connectivity index (χ0v) is 12.7. The highest BCUT2D eigenvalue weighted by Gasteiger charge is 2.31. The topological polar surface area (TPSA) is 55.6 Å². The second-order valence-electron chi connectivity index (χ2n) is 6.20. The maximum Gasteiger partial charge on any atom is 0.230 e. The lowest BCUT2D eigenvalue weighted by atomic mass is 9.85. The number of rotatable bonds is 2. The number of hydrogen-bond donors (Lipinski definition) is 1. The third-order valence-corrected chi connectivity index (χ3v) is 4.79. The van der Waals surface area contributed by atoms with Gasteiger partial charge in [0, 0.05) is 24.2 Å². The number of carbonyl (C=O) groups is 1. The van der Waals surface area contributed by atoms with Crippen molar-refractivity contribution < 1.29 is 9.53 Å². The standard InChI is InChI=1S/C17H24N2O2/c1-21-15-8-9-16-13(11-15)3-2-10-19(16)17(20)12-4-6-14(18)7-5-12/h8-9,11-12,14H,2-7,10,18H2,1H3. The van der Waals surface area contributed by atoms with Crippen molar-refractivity contribution in [3.63, 3.8) is 0 Å². The van der Waals surface area contributed by atoms with Crippen LogP contribution in [0.5, 0.6) is 5.75 Å². The number of hydrogen-bond acceptors (Lipinski definition) is 3. The van der Waals surface area contributed by atoms with Crippen LogP contribution in [-0.4, -0.2) is 25.6 Å². The van der Waals surface area contributed by atoms with Gasteiger partial charge in [-0.2, -0.15) is 0 Å². The molecule has 1 fully saturated rings. The fraction of sp³-hybridized carbons (Fsp3) is 0.588. The highest BCUT2D eigenvalue weighted by molar-refractivity contribution is 5.96. The second-order valence-corrected chi connectivity index (χ2v) is 6.20. The molecule has 1 aromatic rings. The fourth-order valence-electron chi connectivity index (χ4n) is 3.52. The first-order valence-corrected chi connectivity index (χ1v) is 7.93. The molecule has 1 aromatic carbocycles. The first-order valence-electron chi connectivity index (χ1n) is 7.93. The molecule has 4 heteroatoms. The molecule has 0 spiro atoms. The molecule has 4 nitrogen and oxygen atoms in total. The van der Waals surface area contributed by atoms with Crippen molar-refractivity contribution in [2.45, 2.75) is 44.6 Å². The number of carbonyl (C=O) groups excluding carboxylic acids is 1. The summed E-state index contributed by atoms with van der Waals surface area (Å²) in [6.07, 6.45) is 5.85. The molecule has 0 bridgehead atoms. The Morgan fingerprint density at radius 2 is 2.05 bits per heavy atom. The highest BCUT2D eigenvalue weighted by atomic mass is 16.5. The summed E-state index contributed by atoms with van der Waals surface area (Å²) in [6.45, 7) is 0.834. The van der Waals surface area contributed by atoms with Crippen LogP contribution in [0.2, 0.25) is 0 Å². The van der Waals surface area contributed by atoms with Gasteiger partial charge in [0.15, 0.2) is 0 Å². The molecule has 1 heterocycles. The van der Waals surface area contributed by atoms with E-state index < -0.39 is 0 Å². The van der Waals surface area contributed by atoms with Crippen LogP contribution in [-0.2, 0) is 11.2 Å². The molecule has 0 radical (unpaired) electrons. The van der Waals surface area contributed by atoms with Gasteiger partial charge in [-0.15, -0.1) is 0 Å². The van der Waals surface area contributed by atoms with Crippen molar-refractivity contribution in [2.24, 2.45) is 11.7 Å². The number of methoxy groups -OCH3 is 1. The molecule has 1 aliphatic carbocycles. The lowest BCUT2D eigenvalue weighted by Crippen LogP contribution is -2.42. The predicted molar refractivity (Wildman–Crippen MR) is 83.6 cm³/mol. The van der Waals surface area contributed by atoms with Crippen LogP contribution in [0.3, 0.4) is 0 Å². The van der Waals surface area contributed by atoms with Crippen molar-refractivity contribution in [1.29, 1.82) is 0 Å². The Hall–Kier alpha value is -1.55. The molecule has 114 valence electrons. The molecule has 0 atom stereocenters. The molecule has 0 saturated heterocycles. The van der Waals surface area contributed by atoms with Gasteiger partial charge in [0.05, 0.1) is 7.11 Å². The van der Waals surface area contributed by atoms with Crippen molar-refractivity contribution >= 4 is 11.6 Å². The van der Waals surface area contributed by atoms with E-state index in [0.717, 1.165) is 56.5 Å². The largest absolute Gasteiger partial charge is 0.497 e. The molecule has 3 rings (SSSR count). The summed E-state index contributed by atoms with van der Waals surface area (Å²) < 4.78 is 5.29. The zero-order valence-electron chi connectivity index (χ0n) is 12.7. The molecule has 2 N–H and O–H groups in total. The van der Waals surface area contributed by atoms with Gasteiger partial charge in [-0.1, -0.05) is 0 Å². The predicted octanol–water partition coefficient (Wildman–Crippen LogP) is 2.49. The molecule has 1 aliphatic heterocycles. The Balaban J connectivity index is 1.79. The number of benzene rings is 1. The van der Waals surface area contributed by atoms with Crippen LogP contribution in [0.15, 0.2) is 18.2 Å². The molecule has 2 aliphatic rings. The lowest BCUT2D eigenvalue weighted by Gasteiger charge is -2.34. The van der Waals surface area contributed by atoms with E-state index in [1.54, 1.807) is 7.11 Å². The van der Waals surface area contributed by atoms with Gasteiger partial charge in [-0.05, 0) is 62.3 Å². The monoisotopic (exact) mass is 288 g/mol. The van der Waals surface area contributed by atoms with Gasteiger partial charge in [0.25, 0.3) is 0 Å². The summed E-state index contributed by atoms with van der Waals surface area (Å²) in [7, 11) is 1.68. The number of aryl methyl sites for hydroxylation is 1. The van der Waals surface area contributed by atoms with Crippen LogP contribution >= 0.6 is 0 Å². The fourth-order valence-corrected chi connectivity index (χ4v) is 3.52. The Kier molecular flexibility index (Phi) is 4.15. The third kappa shape index (κ3) is 2.91. The first-order chi connectivity index (χ1) is 10.2. The summed E-state index contributed by atoms with van der Waals surface area (Å²) in [4.78, 5) is 14.8. The third-order valence-electron chi connectivity index (χ3n) is 4.79. The normalized spacial score (nSPS) is 25.3. The van der Waals surface area contributed by atoms with Crippen molar-refractivity contribution in [3.05, 3.63) is 23.8 Å². The van der Waals surface area contributed by atoms with Gasteiger partial charge >= 0.3 is 0 Å². The van der Waals surface area contributed by atoms with Crippen LogP contribution in [0, 0.1) is 5.92 Å². The number of amides is 1. The Bertz CT molecular complexity index is 522. The quantitative estimate of drug-likeness (QED) is 0.909. The van der Waals surface area contributed by atoms with E-state index in [-0.39, 0.29) is 17.9 Å². The zero-order chi connectivity index (χ0) is 14.8. The lowest BCUT2D eigenvalue weighted by molar-refractivity contribution is -0.123. The van der Waals surface area contributed by atoms with Gasteiger partial charge in [0.2, 0.25) is 5.91 Å². The van der Waals surface area contributed by atoms with Crippen molar-refractivity contribution in [2.75, 3.05) is 18.6 Å². The van der Waals surface area contributed by atoms with E-state index in [4.69, 9.17) is 10.5 Å². The average Bonchev–Trinajstić information content (AvgIpc) is 2.53. The molecular formula is C17H24N2O2. The Morgan fingerprint density at radius 1 is 1.29 bits per heavy atom. The van der Waals surface area contributed by atoms with E-state index in [1.165, 1.54) is 5.56 Å². The average molecular weight is 288 g/mol. The molecule has 1 saturated carbocycles. The van der Waals surface area contributed by atoms with Crippen LogP contribution in [0.25, 0.3) is 0 Å². The summed E-state index contributed by atoms with van der Waals surface area (Å²) >= 11 is 0. The van der Waals surface area contributed by atoms with Crippen LogP contribution in [0.4, 0.5) is 5.69 Å². The SMILES string of the molecule is COc1ccc2c(c1)CCCN2C(=O)C1CCC(N)CC1. The highest BCUT2D eigenvalue weighted by Crippen LogP contribution is 2.33. The summed E-state index contributed by atoms with van der Waals surface area (Å²) in [5.74, 6) is 1.30. The van der Waals surface area contributed by atoms with Crippen LogP contribution < -0.4 is 15.4 Å². The molecular weight excluding hydrogens is 264 g/mol. The second kappa shape index (κ2) is 6.06. The van der Waals surface area contributed by atoms with Crippen LogP contribution in [0.1, 0.15) is 37.7 Å². The Morgan fingerprint density at radius 3 is 2.76 bits per heavy atom. The van der Waals surface area contributed by atoms with Gasteiger partial charge in [0.1, 0.15) is 5.75 Å². The minimum absolute atomic E-state index is 0.151. The summed E-state index contributed by atoms with van der Waals surface area (Å²) in [5, 5.41) is 0. The minimum Gasteiger partial charge on any atom is -0.497 e. The van der Waals surface area contributed by atoms with E-state index in [0.29, 0.717) is 0 Å². The first kappa shape index (κ1) is 14.4. The summed E-state index contributed by atoms with van der Waals surface area (Å²) in [5.41, 5.74) is 8.24. The summed E-state index contributed by atoms with van der Waals surface area (Å²) in [6, 6.07) is 6.32. The van der Waals surface area contributed by atoms with Crippen molar-refractivity contribution in [1.82, 2.24) is 0 Å². The van der Waals surface area contributed by atoms with E-state index >= 15 is 0 Å². The van der Waals surface area contributed by atoms with Gasteiger partial charge in [-0.25, -0.2) is 0 Å². The number of ether oxygens (including phenoxy) is 1. The van der Waals surface area contributed by atoms with Gasteiger partial charge in [-0.3, -0.25) is 4.79 Å². The van der Waals surface area contributed by atoms with E-state index in [2.05, 4.69) is 6.07 Å². The smallest absolute Gasteiger partial charge is 0.230 e. The Labute approximate surface area is 126 Å². The maximum atomic E-state index is 12.8. The number of nitrogens with two attached hydrogens (primary N) is 1. The van der Waals surface area contributed by atoms with E-state index in [9.17, 15) is 4.79 Å². The molecule has 0 unspecified atom stereocenters. The van der Waals surface area contributed by atoms with Gasteiger partial charge < -0.3 is 15.4 Å². The molecule has 21 heavy (non-hydrogen) atoms. The number of nitrogens with zero attached hydrogens (tertiary/aromatic N) is 1. The molecule has 0 aromatic heterocycles. The number of fused-ring (bicyclic) bond motifs is 1. The number of anilines is 1. The molecule has 1 amide bonds.